The summed E-state index contributed by atoms with van der Waals surface area (Å²) in [5, 5.41) is 0. The van der Waals surface area contributed by atoms with Gasteiger partial charge in [-0.05, 0) is 26.3 Å². The summed E-state index contributed by atoms with van der Waals surface area (Å²) in [6.45, 7) is 6.30. The summed E-state index contributed by atoms with van der Waals surface area (Å²) in [5.74, 6) is 0. The minimum atomic E-state index is -0.602. The molecular weight excluding hydrogens is 230 g/mol. The summed E-state index contributed by atoms with van der Waals surface area (Å²) < 4.78 is 11.3. The molecule has 1 amide bonds. The quantitative estimate of drug-likeness (QED) is 0.766. The number of amides is 1. The highest BCUT2D eigenvalue weighted by Crippen LogP contribution is 2.49. The number of benzene rings is 1. The Morgan fingerprint density at radius 1 is 1.22 bits per heavy atom. The first-order valence-electron chi connectivity index (χ1n) is 6.15. The normalized spacial score (nSPS) is 33.4. The Bertz CT molecular complexity index is 485. The van der Waals surface area contributed by atoms with Gasteiger partial charge in [-0.2, -0.15) is 0 Å². The van der Waals surface area contributed by atoms with Crippen LogP contribution in [0.4, 0.5) is 4.79 Å². The van der Waals surface area contributed by atoms with Gasteiger partial charge in [-0.3, -0.25) is 4.90 Å². The Morgan fingerprint density at radius 3 is 2.56 bits per heavy atom. The molecule has 0 unspecified atom stereocenters. The molecular formula is C14H17NO3. The molecule has 0 N–H and O–H groups in total. The molecule has 3 rings (SSSR count). The number of carbonyl (C=O) groups is 1. The van der Waals surface area contributed by atoms with Crippen molar-refractivity contribution in [1.29, 1.82) is 0 Å². The molecule has 2 saturated heterocycles. The van der Waals surface area contributed by atoms with Crippen molar-refractivity contribution in [2.45, 2.75) is 38.1 Å². The summed E-state index contributed by atoms with van der Waals surface area (Å²) in [6, 6.07) is 9.83. The SMILES string of the molecule is CC1(C)OC[C@@]2(C)[C@H](c3ccccc3)OC(=O)N12. The zero-order chi connectivity index (χ0) is 13.0. The van der Waals surface area contributed by atoms with Gasteiger partial charge in [0.05, 0.1) is 6.61 Å². The minimum Gasteiger partial charge on any atom is -0.439 e. The highest BCUT2D eigenvalue weighted by Gasteiger charge is 2.62. The molecule has 2 heterocycles. The zero-order valence-electron chi connectivity index (χ0n) is 10.8. The van der Waals surface area contributed by atoms with Crippen molar-refractivity contribution >= 4 is 6.09 Å². The van der Waals surface area contributed by atoms with Gasteiger partial charge in [-0.1, -0.05) is 30.3 Å². The van der Waals surface area contributed by atoms with Gasteiger partial charge in [-0.25, -0.2) is 4.79 Å². The van der Waals surface area contributed by atoms with Crippen LogP contribution in [0.25, 0.3) is 0 Å². The molecule has 18 heavy (non-hydrogen) atoms. The van der Waals surface area contributed by atoms with E-state index in [4.69, 9.17) is 9.47 Å². The van der Waals surface area contributed by atoms with E-state index in [-0.39, 0.29) is 12.2 Å². The maximum atomic E-state index is 12.1. The fourth-order valence-corrected chi connectivity index (χ4v) is 3.02. The van der Waals surface area contributed by atoms with E-state index in [1.54, 1.807) is 4.90 Å². The highest BCUT2D eigenvalue weighted by atomic mass is 16.6. The van der Waals surface area contributed by atoms with E-state index in [2.05, 4.69) is 0 Å². The van der Waals surface area contributed by atoms with Crippen molar-refractivity contribution in [1.82, 2.24) is 4.90 Å². The van der Waals surface area contributed by atoms with Crippen LogP contribution in [0.1, 0.15) is 32.4 Å². The topological polar surface area (TPSA) is 38.8 Å². The van der Waals surface area contributed by atoms with Crippen LogP contribution in [0, 0.1) is 0 Å². The lowest BCUT2D eigenvalue weighted by Crippen LogP contribution is -2.49. The number of nitrogens with zero attached hydrogens (tertiary/aromatic N) is 1. The standard InChI is InChI=1S/C14H17NO3/c1-13(2)15-12(16)18-11(14(15,3)9-17-13)10-7-5-4-6-8-10/h4-8,11H,9H2,1-3H3/t11-,14-/m0/s1. The van der Waals surface area contributed by atoms with Crippen LogP contribution < -0.4 is 0 Å². The smallest absolute Gasteiger partial charge is 0.413 e. The van der Waals surface area contributed by atoms with Crippen LogP contribution in [-0.4, -0.2) is 28.9 Å². The molecule has 2 aliphatic heterocycles. The number of hydrogen-bond donors (Lipinski definition) is 0. The Balaban J connectivity index is 2.03. The second kappa shape index (κ2) is 3.48. The van der Waals surface area contributed by atoms with Crippen molar-refractivity contribution in [3.8, 4) is 0 Å². The van der Waals surface area contributed by atoms with Crippen molar-refractivity contribution in [3.05, 3.63) is 35.9 Å². The number of fused-ring (bicyclic) bond motifs is 1. The van der Waals surface area contributed by atoms with E-state index in [1.807, 2.05) is 51.1 Å². The van der Waals surface area contributed by atoms with Crippen LogP contribution >= 0.6 is 0 Å². The van der Waals surface area contributed by atoms with Crippen LogP contribution in [-0.2, 0) is 9.47 Å². The van der Waals surface area contributed by atoms with Gasteiger partial charge >= 0.3 is 6.09 Å². The largest absolute Gasteiger partial charge is 0.439 e. The Morgan fingerprint density at radius 2 is 1.89 bits per heavy atom. The molecule has 4 heteroatoms. The molecule has 0 radical (unpaired) electrons. The summed E-state index contributed by atoms with van der Waals surface area (Å²) in [4.78, 5) is 13.8. The molecule has 1 aromatic carbocycles. The predicted octanol–water partition coefficient (Wildman–Crippen LogP) is 2.70. The fraction of sp³-hybridized carbons (Fsp3) is 0.500. The Hall–Kier alpha value is -1.55. The average Bonchev–Trinajstić information content (AvgIpc) is 2.74. The van der Waals surface area contributed by atoms with Crippen LogP contribution in [0.2, 0.25) is 0 Å². The van der Waals surface area contributed by atoms with Gasteiger partial charge in [0.1, 0.15) is 11.3 Å². The number of carbonyl (C=O) groups excluding carboxylic acids is 1. The van der Waals surface area contributed by atoms with E-state index in [9.17, 15) is 4.79 Å². The molecule has 2 aliphatic rings. The highest BCUT2D eigenvalue weighted by molar-refractivity contribution is 5.73. The summed E-state index contributed by atoms with van der Waals surface area (Å²) in [5.41, 5.74) is -0.0192. The first-order chi connectivity index (χ1) is 8.45. The third-order valence-corrected chi connectivity index (χ3v) is 3.84. The lowest BCUT2D eigenvalue weighted by atomic mass is 9.90. The molecule has 0 bridgehead atoms. The second-order valence-corrected chi connectivity index (χ2v) is 5.60. The van der Waals surface area contributed by atoms with Crippen LogP contribution in [0.3, 0.4) is 0 Å². The van der Waals surface area contributed by atoms with Gasteiger partial charge in [0.2, 0.25) is 0 Å². The molecule has 0 aromatic heterocycles. The van der Waals surface area contributed by atoms with Gasteiger partial charge in [0, 0.05) is 0 Å². The number of rotatable bonds is 1. The molecule has 2 fully saturated rings. The van der Waals surface area contributed by atoms with Crippen molar-refractivity contribution < 1.29 is 14.3 Å². The van der Waals surface area contributed by atoms with Crippen LogP contribution in [0.15, 0.2) is 30.3 Å². The fourth-order valence-electron chi connectivity index (χ4n) is 3.02. The number of hydrogen-bond acceptors (Lipinski definition) is 3. The second-order valence-electron chi connectivity index (χ2n) is 5.60. The minimum absolute atomic E-state index is 0.270. The first-order valence-corrected chi connectivity index (χ1v) is 6.15. The molecule has 0 aliphatic carbocycles. The monoisotopic (exact) mass is 247 g/mol. The molecule has 2 atom stereocenters. The number of ether oxygens (including phenoxy) is 2. The lowest BCUT2D eigenvalue weighted by Gasteiger charge is -2.32. The summed E-state index contributed by atoms with van der Waals surface area (Å²) in [6.07, 6.45) is -0.568. The molecule has 1 aromatic rings. The molecule has 0 saturated carbocycles. The summed E-state index contributed by atoms with van der Waals surface area (Å²) >= 11 is 0. The van der Waals surface area contributed by atoms with Gasteiger partial charge < -0.3 is 9.47 Å². The van der Waals surface area contributed by atoms with E-state index in [1.165, 1.54) is 0 Å². The van der Waals surface area contributed by atoms with Crippen molar-refractivity contribution in [3.63, 3.8) is 0 Å². The Labute approximate surface area is 106 Å². The van der Waals surface area contributed by atoms with Crippen molar-refractivity contribution in [2.24, 2.45) is 0 Å². The third-order valence-electron chi connectivity index (χ3n) is 3.84. The molecule has 96 valence electrons. The average molecular weight is 247 g/mol. The predicted molar refractivity (Wildman–Crippen MR) is 65.9 cm³/mol. The van der Waals surface area contributed by atoms with Gasteiger partial charge in [-0.15, -0.1) is 0 Å². The summed E-state index contributed by atoms with van der Waals surface area (Å²) in [7, 11) is 0. The van der Waals surface area contributed by atoms with Crippen LogP contribution in [0.5, 0.6) is 0 Å². The van der Waals surface area contributed by atoms with E-state index < -0.39 is 11.3 Å². The van der Waals surface area contributed by atoms with E-state index >= 15 is 0 Å². The van der Waals surface area contributed by atoms with Gasteiger partial charge in [0.25, 0.3) is 0 Å². The van der Waals surface area contributed by atoms with Crippen molar-refractivity contribution in [2.75, 3.05) is 6.61 Å². The Kier molecular flexibility index (Phi) is 2.23. The lowest BCUT2D eigenvalue weighted by molar-refractivity contribution is -0.0391. The van der Waals surface area contributed by atoms with Gasteiger partial charge in [0.15, 0.2) is 6.10 Å². The maximum Gasteiger partial charge on any atom is 0.413 e. The zero-order valence-corrected chi connectivity index (χ0v) is 10.8. The first kappa shape index (κ1) is 11.5. The van der Waals surface area contributed by atoms with E-state index in [0.717, 1.165) is 5.56 Å². The third kappa shape index (κ3) is 1.38. The molecule has 4 nitrogen and oxygen atoms in total. The number of cyclic esters (lactones) is 1. The maximum absolute atomic E-state index is 12.1. The molecule has 0 spiro atoms. The van der Waals surface area contributed by atoms with E-state index in [0.29, 0.717) is 6.61 Å².